The summed E-state index contributed by atoms with van der Waals surface area (Å²) < 4.78 is 1.65. The van der Waals surface area contributed by atoms with Crippen molar-refractivity contribution in [2.24, 2.45) is 0 Å². The molecule has 0 saturated carbocycles. The van der Waals surface area contributed by atoms with E-state index >= 15 is 0 Å². The summed E-state index contributed by atoms with van der Waals surface area (Å²) in [5.74, 6) is -0.0906. The second-order valence-corrected chi connectivity index (χ2v) is 5.52. The molecule has 5 heteroatoms. The molecule has 1 unspecified atom stereocenters. The Morgan fingerprint density at radius 3 is 2.71 bits per heavy atom. The van der Waals surface area contributed by atoms with Crippen LogP contribution in [0.3, 0.4) is 0 Å². The molecule has 0 N–H and O–H groups in total. The van der Waals surface area contributed by atoms with Gasteiger partial charge in [-0.3, -0.25) is 4.79 Å². The molecule has 0 aliphatic heterocycles. The Labute approximate surface area is 118 Å². The Balaban J connectivity index is 2.93. The molecule has 90 valence electrons. The van der Waals surface area contributed by atoms with Crippen LogP contribution in [0.15, 0.2) is 27.1 Å². The third-order valence-electron chi connectivity index (χ3n) is 2.53. The minimum absolute atomic E-state index is 0.0906. The normalized spacial score (nSPS) is 11.7. The molecule has 1 aromatic carbocycles. The molecular formula is C12H12Br2N2O. The van der Waals surface area contributed by atoms with Crippen LogP contribution in [0.2, 0.25) is 0 Å². The van der Waals surface area contributed by atoms with Crippen molar-refractivity contribution in [1.29, 1.82) is 5.26 Å². The summed E-state index contributed by atoms with van der Waals surface area (Å²) in [5.41, 5.74) is 0.598. The second kappa shape index (κ2) is 6.18. The minimum atomic E-state index is -0.0944. The molecule has 17 heavy (non-hydrogen) atoms. The molecule has 0 bridgehead atoms. The molecule has 0 aliphatic carbocycles. The number of nitriles is 1. The molecule has 1 aromatic rings. The van der Waals surface area contributed by atoms with Gasteiger partial charge in [-0.05, 0) is 41.1 Å². The third-order valence-corrected chi connectivity index (χ3v) is 3.68. The molecule has 1 amide bonds. The number of hydrogen-bond acceptors (Lipinski definition) is 2. The molecule has 3 nitrogen and oxygen atoms in total. The molecule has 0 heterocycles. The zero-order valence-corrected chi connectivity index (χ0v) is 12.7. The van der Waals surface area contributed by atoms with Crippen LogP contribution >= 0.6 is 31.9 Å². The van der Waals surface area contributed by atoms with E-state index in [1.165, 1.54) is 0 Å². The van der Waals surface area contributed by atoms with E-state index in [1.54, 1.807) is 18.0 Å². The van der Waals surface area contributed by atoms with Crippen molar-refractivity contribution in [2.75, 3.05) is 7.05 Å². The number of halogens is 2. The van der Waals surface area contributed by atoms with Crippen molar-refractivity contribution < 1.29 is 4.79 Å². The molecule has 0 spiro atoms. The number of amides is 1. The van der Waals surface area contributed by atoms with Crippen LogP contribution in [0.4, 0.5) is 0 Å². The lowest BCUT2D eigenvalue weighted by atomic mass is 10.1. The quantitative estimate of drug-likeness (QED) is 0.827. The number of carbonyl (C=O) groups excluding carboxylic acids is 1. The maximum atomic E-state index is 12.2. The van der Waals surface area contributed by atoms with E-state index in [2.05, 4.69) is 37.9 Å². The number of carbonyl (C=O) groups is 1. The summed E-state index contributed by atoms with van der Waals surface area (Å²) in [6.07, 6.45) is 0.330. The first kappa shape index (κ1) is 14.2. The number of hydrogen-bond donors (Lipinski definition) is 0. The minimum Gasteiger partial charge on any atom is -0.338 e. The van der Waals surface area contributed by atoms with Crippen molar-refractivity contribution in [2.45, 2.75) is 19.4 Å². The van der Waals surface area contributed by atoms with E-state index in [4.69, 9.17) is 5.26 Å². The van der Waals surface area contributed by atoms with Crippen LogP contribution in [-0.2, 0) is 0 Å². The summed E-state index contributed by atoms with van der Waals surface area (Å²) in [7, 11) is 1.71. The van der Waals surface area contributed by atoms with Crippen molar-refractivity contribution in [3.63, 3.8) is 0 Å². The Kier molecular flexibility index (Phi) is 5.16. The molecular weight excluding hydrogens is 348 g/mol. The Morgan fingerprint density at radius 2 is 2.18 bits per heavy atom. The highest BCUT2D eigenvalue weighted by molar-refractivity contribution is 9.11. The Hall–Kier alpha value is -0.860. The van der Waals surface area contributed by atoms with Gasteiger partial charge in [0.25, 0.3) is 5.91 Å². The first-order valence-electron chi connectivity index (χ1n) is 5.06. The lowest BCUT2D eigenvalue weighted by Crippen LogP contribution is -2.35. The summed E-state index contributed by atoms with van der Waals surface area (Å²) in [5, 5.41) is 8.63. The van der Waals surface area contributed by atoms with Gasteiger partial charge in [0.05, 0.1) is 18.1 Å². The second-order valence-electron chi connectivity index (χ2n) is 3.75. The van der Waals surface area contributed by atoms with Crippen molar-refractivity contribution >= 4 is 37.8 Å². The first-order chi connectivity index (χ1) is 7.97. The SMILES string of the molecule is CC(CC#N)N(C)C(=O)c1ccc(Br)cc1Br. The van der Waals surface area contributed by atoms with E-state index in [0.717, 1.165) is 8.95 Å². The summed E-state index contributed by atoms with van der Waals surface area (Å²) >= 11 is 6.70. The largest absolute Gasteiger partial charge is 0.338 e. The highest BCUT2D eigenvalue weighted by Gasteiger charge is 2.19. The van der Waals surface area contributed by atoms with Crippen LogP contribution in [-0.4, -0.2) is 23.9 Å². The Bertz CT molecular complexity index is 468. The van der Waals surface area contributed by atoms with Gasteiger partial charge in [-0.2, -0.15) is 5.26 Å². The van der Waals surface area contributed by atoms with Crippen molar-refractivity contribution in [3.05, 3.63) is 32.7 Å². The van der Waals surface area contributed by atoms with E-state index in [9.17, 15) is 4.79 Å². The van der Waals surface area contributed by atoms with Gasteiger partial charge >= 0.3 is 0 Å². The lowest BCUT2D eigenvalue weighted by Gasteiger charge is -2.23. The average molecular weight is 360 g/mol. The fourth-order valence-electron chi connectivity index (χ4n) is 1.32. The highest BCUT2D eigenvalue weighted by Crippen LogP contribution is 2.23. The summed E-state index contributed by atoms with van der Waals surface area (Å²) in [4.78, 5) is 13.7. The lowest BCUT2D eigenvalue weighted by molar-refractivity contribution is 0.0745. The summed E-state index contributed by atoms with van der Waals surface area (Å²) in [6.45, 7) is 1.86. The maximum absolute atomic E-state index is 12.2. The van der Waals surface area contributed by atoms with Crippen LogP contribution in [0.1, 0.15) is 23.7 Å². The fourth-order valence-corrected chi connectivity index (χ4v) is 2.54. The molecule has 0 aromatic heterocycles. The third kappa shape index (κ3) is 3.55. The highest BCUT2D eigenvalue weighted by atomic mass is 79.9. The van der Waals surface area contributed by atoms with Gasteiger partial charge in [-0.1, -0.05) is 15.9 Å². The van der Waals surface area contributed by atoms with Gasteiger partial charge in [0, 0.05) is 22.0 Å². The van der Waals surface area contributed by atoms with E-state index in [-0.39, 0.29) is 11.9 Å². The standard InChI is InChI=1S/C12H12Br2N2O/c1-8(5-6-15)16(2)12(17)10-4-3-9(13)7-11(10)14/h3-4,7-8H,5H2,1-2H3. The molecule has 0 aliphatic rings. The van der Waals surface area contributed by atoms with Crippen molar-refractivity contribution in [3.8, 4) is 6.07 Å². The fraction of sp³-hybridized carbons (Fsp3) is 0.333. The molecule has 0 saturated heterocycles. The zero-order valence-electron chi connectivity index (χ0n) is 9.58. The number of rotatable bonds is 3. The van der Waals surface area contributed by atoms with E-state index in [0.29, 0.717) is 12.0 Å². The van der Waals surface area contributed by atoms with Crippen LogP contribution in [0.5, 0.6) is 0 Å². The van der Waals surface area contributed by atoms with Crippen LogP contribution in [0.25, 0.3) is 0 Å². The maximum Gasteiger partial charge on any atom is 0.255 e. The first-order valence-corrected chi connectivity index (χ1v) is 6.65. The van der Waals surface area contributed by atoms with Gasteiger partial charge < -0.3 is 4.90 Å². The van der Waals surface area contributed by atoms with Gasteiger partial charge in [0.1, 0.15) is 0 Å². The van der Waals surface area contributed by atoms with E-state index in [1.807, 2.05) is 19.1 Å². The molecule has 0 radical (unpaired) electrons. The average Bonchev–Trinajstić information content (AvgIpc) is 2.27. The molecule has 1 atom stereocenters. The van der Waals surface area contributed by atoms with E-state index < -0.39 is 0 Å². The smallest absolute Gasteiger partial charge is 0.255 e. The molecule has 0 fully saturated rings. The summed E-state index contributed by atoms with van der Waals surface area (Å²) in [6, 6.07) is 7.38. The number of benzene rings is 1. The Morgan fingerprint density at radius 1 is 1.53 bits per heavy atom. The monoisotopic (exact) mass is 358 g/mol. The zero-order chi connectivity index (χ0) is 13.0. The van der Waals surface area contributed by atoms with Crippen LogP contribution in [0, 0.1) is 11.3 Å². The van der Waals surface area contributed by atoms with Crippen molar-refractivity contribution in [1.82, 2.24) is 4.90 Å². The van der Waals surface area contributed by atoms with Gasteiger partial charge in [-0.25, -0.2) is 0 Å². The van der Waals surface area contributed by atoms with Gasteiger partial charge in [-0.15, -0.1) is 0 Å². The van der Waals surface area contributed by atoms with Crippen LogP contribution < -0.4 is 0 Å². The number of nitrogens with zero attached hydrogens (tertiary/aromatic N) is 2. The molecule has 1 rings (SSSR count). The predicted octanol–water partition coefficient (Wildman–Crippen LogP) is 3.59. The van der Waals surface area contributed by atoms with Gasteiger partial charge in [0.15, 0.2) is 0 Å². The predicted molar refractivity (Wildman–Crippen MR) is 73.6 cm³/mol. The topological polar surface area (TPSA) is 44.1 Å². The van der Waals surface area contributed by atoms with Gasteiger partial charge in [0.2, 0.25) is 0 Å².